The maximum absolute atomic E-state index is 13.1. The molecular weight excluding hydrogens is 754 g/mol. The van der Waals surface area contributed by atoms with E-state index in [1.807, 2.05) is 24.4 Å². The Morgan fingerprint density at radius 2 is 1.69 bits per heavy atom. The molecule has 17 heteroatoms. The molecule has 58 heavy (non-hydrogen) atoms. The van der Waals surface area contributed by atoms with Crippen molar-refractivity contribution in [3.8, 4) is 11.1 Å². The van der Waals surface area contributed by atoms with Crippen LogP contribution >= 0.6 is 0 Å². The number of nitrogens with one attached hydrogen (secondary N) is 3. The number of ether oxygens (including phenoxy) is 1. The van der Waals surface area contributed by atoms with Crippen molar-refractivity contribution in [1.82, 2.24) is 44.1 Å². The van der Waals surface area contributed by atoms with E-state index in [9.17, 15) is 27.6 Å². The highest BCUT2D eigenvalue weighted by Gasteiger charge is 2.32. The van der Waals surface area contributed by atoms with Gasteiger partial charge in [0.15, 0.2) is 0 Å². The average Bonchev–Trinajstić information content (AvgIpc) is 3.91. The molecule has 0 bridgehead atoms. The molecule has 3 aromatic heterocycles. The number of nitrogens with zero attached hydrogens (tertiary/aromatic N) is 7. The summed E-state index contributed by atoms with van der Waals surface area (Å²) < 4.78 is 46.9. The molecule has 0 spiro atoms. The van der Waals surface area contributed by atoms with E-state index in [2.05, 4.69) is 64.6 Å². The Kier molecular flexibility index (Phi) is 11.6. The zero-order valence-corrected chi connectivity index (χ0v) is 32.6. The van der Waals surface area contributed by atoms with E-state index in [1.54, 1.807) is 17.8 Å². The Labute approximate surface area is 333 Å². The largest absolute Gasteiger partial charge is 0.390 e. The number of anilines is 1. The lowest BCUT2D eigenvalue weighted by atomic mass is 10.0. The first kappa shape index (κ1) is 39.7. The van der Waals surface area contributed by atoms with Crippen LogP contribution in [0.4, 0.5) is 19.1 Å². The number of fused-ring (bicyclic) bond motifs is 2. The van der Waals surface area contributed by atoms with E-state index in [1.165, 1.54) is 10.1 Å². The second-order valence-corrected chi connectivity index (χ2v) is 15.6. The number of carbonyl (C=O) groups is 2. The van der Waals surface area contributed by atoms with Gasteiger partial charge in [-0.25, -0.2) is 9.78 Å². The molecule has 308 valence electrons. The van der Waals surface area contributed by atoms with Gasteiger partial charge in [-0.15, -0.1) is 0 Å². The van der Waals surface area contributed by atoms with Crippen molar-refractivity contribution in [3.05, 3.63) is 76.5 Å². The van der Waals surface area contributed by atoms with Gasteiger partial charge in [0.25, 0.3) is 0 Å². The number of aromatic nitrogens is 5. The Morgan fingerprint density at radius 1 is 0.914 bits per heavy atom. The fraction of sp³-hybridized carbons (Fsp3) is 0.488. The van der Waals surface area contributed by atoms with E-state index in [4.69, 9.17) is 4.74 Å². The third-order valence-corrected chi connectivity index (χ3v) is 11.6. The minimum Gasteiger partial charge on any atom is -0.376 e. The molecule has 2 amide bonds. The summed E-state index contributed by atoms with van der Waals surface area (Å²) in [7, 11) is 1.72. The average molecular weight is 803 g/mol. The van der Waals surface area contributed by atoms with E-state index >= 15 is 0 Å². The van der Waals surface area contributed by atoms with Crippen LogP contribution in [0.5, 0.6) is 0 Å². The summed E-state index contributed by atoms with van der Waals surface area (Å²) >= 11 is 0. The minimum atomic E-state index is -4.23. The smallest absolute Gasteiger partial charge is 0.376 e. The molecule has 3 aliphatic rings. The lowest BCUT2D eigenvalue weighted by Gasteiger charge is -2.34. The highest BCUT2D eigenvalue weighted by molar-refractivity contribution is 6.00. The maximum Gasteiger partial charge on any atom is 0.390 e. The molecule has 3 aliphatic heterocycles. The normalized spacial score (nSPS) is 20.1. The van der Waals surface area contributed by atoms with Gasteiger partial charge in [-0.1, -0.05) is 30.3 Å². The predicted molar refractivity (Wildman–Crippen MR) is 213 cm³/mol. The van der Waals surface area contributed by atoms with Gasteiger partial charge in [0.05, 0.1) is 30.2 Å². The first-order valence-corrected chi connectivity index (χ1v) is 20.0. The molecular formula is C41H49F3N10O4. The van der Waals surface area contributed by atoms with Crippen molar-refractivity contribution in [3.63, 3.8) is 0 Å². The summed E-state index contributed by atoms with van der Waals surface area (Å²) in [4.78, 5) is 56.3. The van der Waals surface area contributed by atoms with Gasteiger partial charge >= 0.3 is 11.9 Å². The number of hydrogen-bond acceptors (Lipinski definition) is 10. The standard InChI is InChI=1S/C41H49F3N10O4/c1-50-35-22-27(4-7-33(35)54(40(50)57)34-8-9-36(55)48-38(34)56)10-14-52-15-11-30(26-52)58-21-20-51-16-18-53(19-17-51)25-28-2-5-29(6-3-28)31-23-46-37-32(31)24-47-39(49-37)45-13-12-41(42,43)44/h2-7,22-24,30,34H,8-21,25-26H2,1H3,(H,48,55,56)(H2,45,46,47,49). The molecule has 0 saturated carbocycles. The minimum absolute atomic E-state index is 0.161. The lowest BCUT2D eigenvalue weighted by molar-refractivity contribution is -0.136. The Balaban J connectivity index is 0.738. The second kappa shape index (κ2) is 17.0. The Bertz CT molecular complexity index is 2310. The van der Waals surface area contributed by atoms with E-state index < -0.39 is 24.5 Å². The molecule has 14 nitrogen and oxygen atoms in total. The van der Waals surface area contributed by atoms with Crippen LogP contribution in [0.2, 0.25) is 0 Å². The molecule has 0 aliphatic carbocycles. The maximum atomic E-state index is 13.1. The summed E-state index contributed by atoms with van der Waals surface area (Å²) in [6.07, 6.45) is 0.908. The van der Waals surface area contributed by atoms with Gasteiger partial charge in [0.2, 0.25) is 17.8 Å². The molecule has 3 saturated heterocycles. The third-order valence-electron chi connectivity index (χ3n) is 11.6. The number of hydrogen-bond donors (Lipinski definition) is 3. The number of imidazole rings is 1. The van der Waals surface area contributed by atoms with Crippen LogP contribution in [0, 0.1) is 0 Å². The van der Waals surface area contributed by atoms with Gasteiger partial charge in [-0.2, -0.15) is 18.2 Å². The van der Waals surface area contributed by atoms with Gasteiger partial charge in [-0.3, -0.25) is 33.8 Å². The van der Waals surface area contributed by atoms with Gasteiger partial charge in [-0.05, 0) is 48.1 Å². The van der Waals surface area contributed by atoms with Crippen molar-refractivity contribution in [2.24, 2.45) is 7.05 Å². The zero-order chi connectivity index (χ0) is 40.4. The second-order valence-electron chi connectivity index (χ2n) is 15.6. The summed E-state index contributed by atoms with van der Waals surface area (Å²) in [6, 6.07) is 13.7. The van der Waals surface area contributed by atoms with Crippen molar-refractivity contribution in [2.75, 3.05) is 70.8 Å². The van der Waals surface area contributed by atoms with Crippen LogP contribution in [-0.4, -0.2) is 128 Å². The number of carbonyl (C=O) groups excluding carboxylic acids is 2. The molecule has 8 rings (SSSR count). The quantitative estimate of drug-likeness (QED) is 0.141. The number of imide groups is 1. The molecule has 3 N–H and O–H groups in total. The third kappa shape index (κ3) is 9.12. The predicted octanol–water partition coefficient (Wildman–Crippen LogP) is 4.07. The number of alkyl halides is 3. The number of benzene rings is 2. The number of H-pyrrole nitrogens is 1. The van der Waals surface area contributed by atoms with Gasteiger partial charge < -0.3 is 19.9 Å². The Morgan fingerprint density at radius 3 is 2.47 bits per heavy atom. The number of aryl methyl sites for hydroxylation is 1. The van der Waals surface area contributed by atoms with Crippen molar-refractivity contribution in [1.29, 1.82) is 0 Å². The molecule has 2 aromatic carbocycles. The zero-order valence-electron chi connectivity index (χ0n) is 32.6. The molecule has 2 unspecified atom stereocenters. The van der Waals surface area contributed by atoms with Gasteiger partial charge in [0, 0.05) is 102 Å². The Hall–Kier alpha value is -5.10. The molecule has 3 fully saturated rings. The SMILES string of the molecule is Cn1c(=O)n(C2CCC(=O)NC2=O)c2ccc(CCN3CCC(OCCN4CCN(Cc5ccc(-c6c[nH]c7nc(NCCC(F)(F)F)ncc67)cc5)CC4)C3)cc21. The van der Waals surface area contributed by atoms with Crippen LogP contribution in [0.3, 0.4) is 0 Å². The summed E-state index contributed by atoms with van der Waals surface area (Å²) in [5.74, 6) is -0.568. The number of aromatic amines is 1. The fourth-order valence-electron chi connectivity index (χ4n) is 8.33. The number of amides is 2. The van der Waals surface area contributed by atoms with E-state index in [0.29, 0.717) is 24.2 Å². The highest BCUT2D eigenvalue weighted by atomic mass is 19.4. The molecule has 0 radical (unpaired) electrons. The van der Waals surface area contributed by atoms with Gasteiger partial charge in [0.1, 0.15) is 11.7 Å². The lowest BCUT2D eigenvalue weighted by Crippen LogP contribution is -2.47. The number of likely N-dealkylation sites (tertiary alicyclic amines) is 1. The van der Waals surface area contributed by atoms with Crippen LogP contribution in [-0.2, 0) is 34.3 Å². The summed E-state index contributed by atoms with van der Waals surface area (Å²) in [5.41, 5.74) is 6.11. The van der Waals surface area contributed by atoms with Crippen LogP contribution in [0.1, 0.15) is 42.9 Å². The highest BCUT2D eigenvalue weighted by Crippen LogP contribution is 2.29. The molecule has 6 heterocycles. The van der Waals surface area contributed by atoms with E-state index in [-0.39, 0.29) is 36.6 Å². The monoisotopic (exact) mass is 802 g/mol. The number of halogens is 3. The van der Waals surface area contributed by atoms with Crippen molar-refractivity contribution in [2.45, 2.75) is 57.0 Å². The number of piperazine rings is 1. The first-order chi connectivity index (χ1) is 28.0. The van der Waals surface area contributed by atoms with Crippen LogP contribution in [0.25, 0.3) is 33.2 Å². The number of rotatable bonds is 14. The first-order valence-electron chi connectivity index (χ1n) is 20.0. The van der Waals surface area contributed by atoms with Crippen LogP contribution < -0.4 is 16.3 Å². The molecule has 5 aromatic rings. The van der Waals surface area contributed by atoms with Crippen LogP contribution in [0.15, 0.2) is 59.7 Å². The fourth-order valence-corrected chi connectivity index (χ4v) is 8.33. The number of piperidine rings is 1. The molecule has 2 atom stereocenters. The van der Waals surface area contributed by atoms with Crippen molar-refractivity contribution >= 4 is 39.8 Å². The topological polar surface area (TPSA) is 146 Å². The van der Waals surface area contributed by atoms with E-state index in [0.717, 1.165) is 99.3 Å². The summed E-state index contributed by atoms with van der Waals surface area (Å²) in [6.45, 7) is 8.96. The van der Waals surface area contributed by atoms with Crippen molar-refractivity contribution < 1.29 is 27.5 Å². The summed E-state index contributed by atoms with van der Waals surface area (Å²) in [5, 5.41) is 5.81.